The zero-order valence-electron chi connectivity index (χ0n) is 9.84. The molecule has 0 saturated carbocycles. The molecule has 5 heteroatoms. The molecule has 0 unspecified atom stereocenters. The second kappa shape index (κ2) is 4.78. The summed E-state index contributed by atoms with van der Waals surface area (Å²) in [6, 6.07) is 8.86. The average molecular weight is 230 g/mol. The van der Waals surface area contributed by atoms with E-state index in [1.807, 2.05) is 32.2 Å². The lowest BCUT2D eigenvalue weighted by atomic mass is 10.3. The summed E-state index contributed by atoms with van der Waals surface area (Å²) < 4.78 is 1.41. The second-order valence-electron chi connectivity index (χ2n) is 3.73. The van der Waals surface area contributed by atoms with E-state index in [9.17, 15) is 4.79 Å². The molecule has 0 aromatic carbocycles. The van der Waals surface area contributed by atoms with E-state index < -0.39 is 0 Å². The summed E-state index contributed by atoms with van der Waals surface area (Å²) in [5, 5.41) is 7.13. The summed E-state index contributed by atoms with van der Waals surface area (Å²) in [6.45, 7) is 2.24. The molecule has 0 aliphatic rings. The van der Waals surface area contributed by atoms with Crippen molar-refractivity contribution in [2.75, 3.05) is 12.4 Å². The van der Waals surface area contributed by atoms with Crippen molar-refractivity contribution in [1.82, 2.24) is 14.8 Å². The Morgan fingerprint density at radius 2 is 2.12 bits per heavy atom. The summed E-state index contributed by atoms with van der Waals surface area (Å²) >= 11 is 0. The average Bonchev–Trinajstić information content (AvgIpc) is 2.34. The fourth-order valence-electron chi connectivity index (χ4n) is 1.52. The van der Waals surface area contributed by atoms with Gasteiger partial charge in [-0.3, -0.25) is 4.79 Å². The van der Waals surface area contributed by atoms with Crippen LogP contribution in [0.5, 0.6) is 0 Å². The highest BCUT2D eigenvalue weighted by atomic mass is 16.1. The summed E-state index contributed by atoms with van der Waals surface area (Å²) in [5.74, 6) is 0.781. The first kappa shape index (κ1) is 11.3. The van der Waals surface area contributed by atoms with Crippen LogP contribution in [-0.4, -0.2) is 21.8 Å². The maximum Gasteiger partial charge on any atom is 0.267 e. The van der Waals surface area contributed by atoms with E-state index in [-0.39, 0.29) is 5.56 Å². The van der Waals surface area contributed by atoms with Gasteiger partial charge in [0.25, 0.3) is 5.56 Å². The van der Waals surface area contributed by atoms with E-state index in [0.29, 0.717) is 6.54 Å². The number of rotatable bonds is 3. The maximum absolute atomic E-state index is 11.6. The molecule has 2 aromatic heterocycles. The van der Waals surface area contributed by atoms with Crippen molar-refractivity contribution in [3.05, 3.63) is 52.1 Å². The van der Waals surface area contributed by atoms with Gasteiger partial charge in [-0.25, -0.2) is 9.67 Å². The highest BCUT2D eigenvalue weighted by Crippen LogP contribution is 2.04. The number of pyridine rings is 1. The molecule has 0 spiro atoms. The summed E-state index contributed by atoms with van der Waals surface area (Å²) in [7, 11) is 1.81. The third kappa shape index (κ3) is 2.69. The van der Waals surface area contributed by atoms with Gasteiger partial charge >= 0.3 is 0 Å². The molecule has 2 rings (SSSR count). The predicted molar refractivity (Wildman–Crippen MR) is 66.1 cm³/mol. The van der Waals surface area contributed by atoms with E-state index in [1.54, 1.807) is 6.07 Å². The lowest BCUT2D eigenvalue weighted by Gasteiger charge is -2.06. The Hall–Kier alpha value is -2.17. The zero-order valence-corrected chi connectivity index (χ0v) is 9.84. The third-order valence-electron chi connectivity index (χ3n) is 2.37. The molecule has 2 heterocycles. The Bertz CT molecular complexity index is 577. The normalized spacial score (nSPS) is 10.2. The molecule has 2 aromatic rings. The zero-order chi connectivity index (χ0) is 12.3. The Morgan fingerprint density at radius 1 is 1.29 bits per heavy atom. The van der Waals surface area contributed by atoms with Gasteiger partial charge in [-0.15, -0.1) is 0 Å². The van der Waals surface area contributed by atoms with Crippen LogP contribution >= 0.6 is 0 Å². The number of hydrogen-bond acceptors (Lipinski definition) is 4. The van der Waals surface area contributed by atoms with Gasteiger partial charge in [0.15, 0.2) is 0 Å². The summed E-state index contributed by atoms with van der Waals surface area (Å²) in [6.07, 6.45) is 0. The van der Waals surface area contributed by atoms with Crippen molar-refractivity contribution >= 4 is 5.82 Å². The van der Waals surface area contributed by atoms with E-state index in [0.717, 1.165) is 17.2 Å². The van der Waals surface area contributed by atoms with Gasteiger partial charge in [-0.2, -0.15) is 5.10 Å². The van der Waals surface area contributed by atoms with Crippen LogP contribution < -0.4 is 10.9 Å². The Labute approximate surface area is 99.1 Å². The molecule has 0 radical (unpaired) electrons. The standard InChI is InChI=1S/C12H14N4O/c1-9-6-7-12(17)16(15-9)8-10-4-3-5-11(13-2)14-10/h3-7H,8H2,1-2H3,(H,13,14). The van der Waals surface area contributed by atoms with Crippen LogP contribution in [0.1, 0.15) is 11.4 Å². The van der Waals surface area contributed by atoms with Gasteiger partial charge < -0.3 is 5.32 Å². The van der Waals surface area contributed by atoms with E-state index in [4.69, 9.17) is 0 Å². The van der Waals surface area contributed by atoms with Gasteiger partial charge in [-0.1, -0.05) is 6.07 Å². The molecule has 0 aliphatic carbocycles. The number of nitrogens with zero attached hydrogens (tertiary/aromatic N) is 3. The van der Waals surface area contributed by atoms with Crippen LogP contribution in [0.15, 0.2) is 35.1 Å². The smallest absolute Gasteiger partial charge is 0.267 e. The van der Waals surface area contributed by atoms with Crippen LogP contribution in [0.2, 0.25) is 0 Å². The van der Waals surface area contributed by atoms with E-state index in [1.165, 1.54) is 10.7 Å². The molecule has 0 aliphatic heterocycles. The Kier molecular flexibility index (Phi) is 3.18. The molecule has 0 bridgehead atoms. The molecule has 0 fully saturated rings. The molecule has 1 N–H and O–H groups in total. The van der Waals surface area contributed by atoms with Crippen LogP contribution in [0.3, 0.4) is 0 Å². The van der Waals surface area contributed by atoms with Gasteiger partial charge in [0.1, 0.15) is 5.82 Å². The number of aromatic nitrogens is 3. The number of anilines is 1. The van der Waals surface area contributed by atoms with Crippen molar-refractivity contribution in [2.45, 2.75) is 13.5 Å². The van der Waals surface area contributed by atoms with Crippen molar-refractivity contribution in [3.63, 3.8) is 0 Å². The minimum absolute atomic E-state index is 0.118. The molecule has 0 atom stereocenters. The van der Waals surface area contributed by atoms with Crippen LogP contribution in [-0.2, 0) is 6.54 Å². The van der Waals surface area contributed by atoms with Gasteiger partial charge in [0, 0.05) is 13.1 Å². The monoisotopic (exact) mass is 230 g/mol. The maximum atomic E-state index is 11.6. The lowest BCUT2D eigenvalue weighted by Crippen LogP contribution is -2.23. The number of hydrogen-bond donors (Lipinski definition) is 1. The fourth-order valence-corrected chi connectivity index (χ4v) is 1.52. The first-order valence-corrected chi connectivity index (χ1v) is 5.37. The highest BCUT2D eigenvalue weighted by Gasteiger charge is 2.01. The minimum atomic E-state index is -0.118. The Balaban J connectivity index is 2.31. The van der Waals surface area contributed by atoms with Crippen LogP contribution in [0.25, 0.3) is 0 Å². The van der Waals surface area contributed by atoms with Gasteiger partial charge in [-0.05, 0) is 25.1 Å². The van der Waals surface area contributed by atoms with Gasteiger partial charge in [0.2, 0.25) is 0 Å². The largest absolute Gasteiger partial charge is 0.373 e. The fraction of sp³-hybridized carbons (Fsp3) is 0.250. The molecular formula is C12H14N4O. The molecular weight excluding hydrogens is 216 g/mol. The van der Waals surface area contributed by atoms with E-state index >= 15 is 0 Å². The lowest BCUT2D eigenvalue weighted by molar-refractivity contribution is 0.618. The molecule has 0 saturated heterocycles. The quantitative estimate of drug-likeness (QED) is 0.855. The van der Waals surface area contributed by atoms with Crippen molar-refractivity contribution in [3.8, 4) is 0 Å². The third-order valence-corrected chi connectivity index (χ3v) is 2.37. The SMILES string of the molecule is CNc1cccc(Cn2nc(C)ccc2=O)n1. The Morgan fingerprint density at radius 3 is 2.88 bits per heavy atom. The molecule has 17 heavy (non-hydrogen) atoms. The summed E-state index contributed by atoms with van der Waals surface area (Å²) in [5.41, 5.74) is 1.50. The molecule has 5 nitrogen and oxygen atoms in total. The summed E-state index contributed by atoms with van der Waals surface area (Å²) in [4.78, 5) is 15.9. The van der Waals surface area contributed by atoms with Crippen LogP contribution in [0.4, 0.5) is 5.82 Å². The van der Waals surface area contributed by atoms with Crippen molar-refractivity contribution in [1.29, 1.82) is 0 Å². The van der Waals surface area contributed by atoms with E-state index in [2.05, 4.69) is 15.4 Å². The first-order valence-electron chi connectivity index (χ1n) is 5.37. The number of nitrogens with one attached hydrogen (secondary N) is 1. The van der Waals surface area contributed by atoms with Crippen molar-refractivity contribution < 1.29 is 0 Å². The predicted octanol–water partition coefficient (Wildman–Crippen LogP) is 1.04. The van der Waals surface area contributed by atoms with Crippen molar-refractivity contribution in [2.24, 2.45) is 0 Å². The number of aryl methyl sites for hydroxylation is 1. The van der Waals surface area contributed by atoms with Gasteiger partial charge in [0.05, 0.1) is 17.9 Å². The minimum Gasteiger partial charge on any atom is -0.373 e. The highest BCUT2D eigenvalue weighted by molar-refractivity contribution is 5.34. The molecule has 88 valence electrons. The van der Waals surface area contributed by atoms with Crippen LogP contribution in [0, 0.1) is 6.92 Å². The molecule has 0 amide bonds. The first-order chi connectivity index (χ1) is 8.19. The second-order valence-corrected chi connectivity index (χ2v) is 3.73. The topological polar surface area (TPSA) is 59.8 Å².